The van der Waals surface area contributed by atoms with Gasteiger partial charge in [0, 0.05) is 17.8 Å². The molecule has 1 fully saturated rings. The van der Waals surface area contributed by atoms with Crippen LogP contribution in [0.25, 0.3) is 0 Å². The molecular weight excluding hydrogens is 224 g/mol. The zero-order valence-corrected chi connectivity index (χ0v) is 10.8. The maximum atomic E-state index is 11.1. The Morgan fingerprint density at radius 2 is 2.06 bits per heavy atom. The molecule has 3 nitrogen and oxygen atoms in total. The third-order valence-corrected chi connectivity index (χ3v) is 3.75. The number of nitrogens with one attached hydrogen (secondary N) is 1. The van der Waals surface area contributed by atoms with E-state index >= 15 is 0 Å². The van der Waals surface area contributed by atoms with Crippen LogP contribution >= 0.6 is 0 Å². The molecule has 98 valence electrons. The highest BCUT2D eigenvalue weighted by Crippen LogP contribution is 2.26. The Morgan fingerprint density at radius 3 is 2.78 bits per heavy atom. The molecule has 3 N–H and O–H groups in total. The number of anilines is 1. The van der Waals surface area contributed by atoms with E-state index in [0.29, 0.717) is 5.56 Å². The van der Waals surface area contributed by atoms with Crippen molar-refractivity contribution in [3.8, 4) is 0 Å². The van der Waals surface area contributed by atoms with Crippen molar-refractivity contribution in [2.75, 3.05) is 11.9 Å². The van der Waals surface area contributed by atoms with Crippen LogP contribution in [-0.2, 0) is 0 Å². The second kappa shape index (κ2) is 6.43. The third kappa shape index (κ3) is 3.76. The fourth-order valence-electron chi connectivity index (χ4n) is 2.68. The van der Waals surface area contributed by atoms with Crippen molar-refractivity contribution in [3.63, 3.8) is 0 Å². The summed E-state index contributed by atoms with van der Waals surface area (Å²) in [6.45, 7) is 0.979. The Bertz CT molecular complexity index is 397. The van der Waals surface area contributed by atoms with Crippen LogP contribution in [0.2, 0.25) is 0 Å². The Labute approximate surface area is 109 Å². The van der Waals surface area contributed by atoms with Crippen LogP contribution in [0.3, 0.4) is 0 Å². The van der Waals surface area contributed by atoms with Crippen molar-refractivity contribution in [2.45, 2.75) is 38.5 Å². The van der Waals surface area contributed by atoms with Crippen LogP contribution in [0.1, 0.15) is 48.9 Å². The van der Waals surface area contributed by atoms with Crippen molar-refractivity contribution < 1.29 is 4.79 Å². The highest BCUT2D eigenvalue weighted by molar-refractivity contribution is 5.93. The van der Waals surface area contributed by atoms with E-state index in [-0.39, 0.29) is 5.91 Å². The molecule has 1 amide bonds. The smallest absolute Gasteiger partial charge is 0.248 e. The second-order valence-electron chi connectivity index (χ2n) is 5.16. The summed E-state index contributed by atoms with van der Waals surface area (Å²) in [7, 11) is 0. The van der Waals surface area contributed by atoms with Gasteiger partial charge in [-0.05, 0) is 30.5 Å². The summed E-state index contributed by atoms with van der Waals surface area (Å²) in [5, 5.41) is 3.38. The van der Waals surface area contributed by atoms with E-state index in [9.17, 15) is 4.79 Å². The minimum absolute atomic E-state index is 0.370. The molecule has 0 saturated heterocycles. The fourth-order valence-corrected chi connectivity index (χ4v) is 2.68. The van der Waals surface area contributed by atoms with Gasteiger partial charge in [0.2, 0.25) is 5.91 Å². The van der Waals surface area contributed by atoms with Gasteiger partial charge in [0.25, 0.3) is 0 Å². The lowest BCUT2D eigenvalue weighted by Gasteiger charge is -2.21. The van der Waals surface area contributed by atoms with Crippen LogP contribution in [0.5, 0.6) is 0 Å². The fraction of sp³-hybridized carbons (Fsp3) is 0.533. The highest BCUT2D eigenvalue weighted by atomic mass is 16.1. The molecular formula is C15H22N2O. The van der Waals surface area contributed by atoms with E-state index in [0.717, 1.165) is 18.2 Å². The van der Waals surface area contributed by atoms with Gasteiger partial charge in [-0.15, -0.1) is 0 Å². The molecule has 0 aliphatic heterocycles. The molecule has 0 unspecified atom stereocenters. The Balaban J connectivity index is 1.78. The summed E-state index contributed by atoms with van der Waals surface area (Å²) in [6.07, 6.45) is 8.17. The summed E-state index contributed by atoms with van der Waals surface area (Å²) in [5.74, 6) is 0.511. The number of carbonyl (C=O) groups excluding carboxylic acids is 1. The number of nitrogens with two attached hydrogens (primary N) is 1. The topological polar surface area (TPSA) is 55.1 Å². The van der Waals surface area contributed by atoms with Gasteiger partial charge in [0.15, 0.2) is 0 Å². The summed E-state index contributed by atoms with van der Waals surface area (Å²) < 4.78 is 0. The lowest BCUT2D eigenvalue weighted by Crippen LogP contribution is -2.13. The van der Waals surface area contributed by atoms with Crippen molar-refractivity contribution in [1.29, 1.82) is 0 Å². The first-order chi connectivity index (χ1) is 8.75. The number of hydrogen-bond donors (Lipinski definition) is 2. The van der Waals surface area contributed by atoms with Crippen LogP contribution in [-0.4, -0.2) is 12.5 Å². The molecule has 0 spiro atoms. The quantitative estimate of drug-likeness (QED) is 0.838. The van der Waals surface area contributed by atoms with Gasteiger partial charge in [-0.25, -0.2) is 0 Å². The molecule has 0 atom stereocenters. The van der Waals surface area contributed by atoms with Gasteiger partial charge in [0.1, 0.15) is 0 Å². The van der Waals surface area contributed by atoms with Crippen molar-refractivity contribution in [2.24, 2.45) is 11.7 Å². The predicted octanol–water partition coefficient (Wildman–Crippen LogP) is 3.17. The molecule has 1 aromatic carbocycles. The zero-order valence-electron chi connectivity index (χ0n) is 10.8. The Kier molecular flexibility index (Phi) is 4.62. The first kappa shape index (κ1) is 12.9. The van der Waals surface area contributed by atoms with Crippen molar-refractivity contribution >= 4 is 11.6 Å². The lowest BCUT2D eigenvalue weighted by molar-refractivity contribution is 0.100. The van der Waals surface area contributed by atoms with E-state index < -0.39 is 0 Å². The molecule has 0 heterocycles. The van der Waals surface area contributed by atoms with Gasteiger partial charge < -0.3 is 11.1 Å². The summed E-state index contributed by atoms with van der Waals surface area (Å²) >= 11 is 0. The highest BCUT2D eigenvalue weighted by Gasteiger charge is 2.12. The molecule has 18 heavy (non-hydrogen) atoms. The zero-order chi connectivity index (χ0) is 12.8. The Morgan fingerprint density at radius 1 is 1.28 bits per heavy atom. The normalized spacial score (nSPS) is 16.4. The molecule has 0 aromatic heterocycles. The minimum Gasteiger partial charge on any atom is -0.385 e. The van der Waals surface area contributed by atoms with Gasteiger partial charge in [-0.2, -0.15) is 0 Å². The molecule has 3 heteroatoms. The van der Waals surface area contributed by atoms with Gasteiger partial charge in [-0.3, -0.25) is 4.79 Å². The van der Waals surface area contributed by atoms with E-state index in [4.69, 9.17) is 5.73 Å². The van der Waals surface area contributed by atoms with E-state index in [1.807, 2.05) is 18.2 Å². The van der Waals surface area contributed by atoms with Crippen LogP contribution in [0.15, 0.2) is 24.3 Å². The Hall–Kier alpha value is -1.51. The lowest BCUT2D eigenvalue weighted by atomic mass is 9.87. The first-order valence-electron chi connectivity index (χ1n) is 6.89. The van der Waals surface area contributed by atoms with Crippen molar-refractivity contribution in [3.05, 3.63) is 29.8 Å². The van der Waals surface area contributed by atoms with Crippen LogP contribution < -0.4 is 11.1 Å². The second-order valence-corrected chi connectivity index (χ2v) is 5.16. The monoisotopic (exact) mass is 246 g/mol. The average molecular weight is 246 g/mol. The SMILES string of the molecule is NC(=O)c1cccc(NCCC2CCCCC2)c1. The van der Waals surface area contributed by atoms with E-state index in [1.165, 1.54) is 38.5 Å². The van der Waals surface area contributed by atoms with Gasteiger partial charge >= 0.3 is 0 Å². The number of carbonyl (C=O) groups is 1. The van der Waals surface area contributed by atoms with Gasteiger partial charge in [0.05, 0.1) is 0 Å². The molecule has 1 aliphatic carbocycles. The number of rotatable bonds is 5. The standard InChI is InChI=1S/C15H22N2O/c16-15(18)13-7-4-8-14(11-13)17-10-9-12-5-2-1-3-6-12/h4,7-8,11-12,17H,1-3,5-6,9-10H2,(H2,16,18). The number of hydrogen-bond acceptors (Lipinski definition) is 2. The predicted molar refractivity (Wildman–Crippen MR) is 74.6 cm³/mol. The molecule has 0 bridgehead atoms. The maximum Gasteiger partial charge on any atom is 0.248 e. The van der Waals surface area contributed by atoms with Crippen molar-refractivity contribution in [1.82, 2.24) is 0 Å². The van der Waals surface area contributed by atoms with Crippen LogP contribution in [0, 0.1) is 5.92 Å². The molecule has 0 radical (unpaired) electrons. The molecule has 1 saturated carbocycles. The molecule has 1 aromatic rings. The number of amides is 1. The molecule has 2 rings (SSSR count). The third-order valence-electron chi connectivity index (χ3n) is 3.75. The first-order valence-corrected chi connectivity index (χ1v) is 6.89. The van der Waals surface area contributed by atoms with Crippen LogP contribution in [0.4, 0.5) is 5.69 Å². The average Bonchev–Trinajstić information content (AvgIpc) is 2.40. The largest absolute Gasteiger partial charge is 0.385 e. The minimum atomic E-state index is -0.370. The summed E-state index contributed by atoms with van der Waals surface area (Å²) in [4.78, 5) is 11.1. The number of benzene rings is 1. The summed E-state index contributed by atoms with van der Waals surface area (Å²) in [5.41, 5.74) is 6.82. The number of primary amides is 1. The van der Waals surface area contributed by atoms with E-state index in [2.05, 4.69) is 5.32 Å². The summed E-state index contributed by atoms with van der Waals surface area (Å²) in [6, 6.07) is 7.41. The molecule has 1 aliphatic rings. The maximum absolute atomic E-state index is 11.1. The van der Waals surface area contributed by atoms with Gasteiger partial charge in [-0.1, -0.05) is 38.2 Å². The van der Waals surface area contributed by atoms with E-state index in [1.54, 1.807) is 6.07 Å².